The molecule has 0 aliphatic heterocycles. The van der Waals surface area contributed by atoms with Crippen molar-refractivity contribution in [3.05, 3.63) is 91.9 Å². The first-order chi connectivity index (χ1) is 17.9. The molecule has 2 N–H and O–H groups in total. The molecule has 0 aliphatic rings. The highest BCUT2D eigenvalue weighted by Crippen LogP contribution is 2.35. The number of alkyl halides is 3. The summed E-state index contributed by atoms with van der Waals surface area (Å²) in [5.74, 6) is -1.44. The molecule has 0 unspecified atom stereocenters. The van der Waals surface area contributed by atoms with Crippen LogP contribution in [0.1, 0.15) is 16.7 Å². The molecule has 0 heterocycles. The van der Waals surface area contributed by atoms with Crippen LogP contribution in [-0.2, 0) is 15.8 Å². The Bertz CT molecular complexity index is 1440. The quantitative estimate of drug-likeness (QED) is 0.222. The van der Waals surface area contributed by atoms with Crippen LogP contribution in [0.3, 0.4) is 0 Å². The van der Waals surface area contributed by atoms with E-state index in [-0.39, 0.29) is 27.0 Å². The largest absolute Gasteiger partial charge is 0.481 e. The molecule has 0 aromatic heterocycles. The molecule has 3 aromatic carbocycles. The molecular weight excluding hydrogens is 566 g/mol. The van der Waals surface area contributed by atoms with E-state index in [0.717, 1.165) is 29.8 Å². The van der Waals surface area contributed by atoms with E-state index < -0.39 is 35.7 Å². The molecule has 12 heteroatoms. The third-order valence-electron chi connectivity index (χ3n) is 4.95. The number of hydrogen-bond acceptors (Lipinski definition) is 4. The molecule has 0 saturated carbocycles. The highest BCUT2D eigenvalue weighted by molar-refractivity contribution is 6.37. The fraction of sp³-hybridized carbons (Fsp3) is 0.115. The number of anilines is 2. The van der Waals surface area contributed by atoms with Gasteiger partial charge < -0.3 is 15.4 Å². The number of halogens is 6. The van der Waals surface area contributed by atoms with Crippen molar-refractivity contribution < 1.29 is 27.5 Å². The summed E-state index contributed by atoms with van der Waals surface area (Å²) in [5.41, 5.74) is 0.0436. The summed E-state index contributed by atoms with van der Waals surface area (Å²) in [4.78, 5) is 24.7. The molecule has 6 nitrogen and oxygen atoms in total. The Morgan fingerprint density at radius 3 is 2.24 bits per heavy atom. The first kappa shape index (κ1) is 28.9. The standard InChI is InChI=1S/C26H17Cl3F3N3O3/c1-14-5-6-19(11-20(14)27)34-23(36)13-38-24-21(28)8-15(9-22(24)29)7-16(12-33)25(37)35-18-4-2-3-17(10-18)26(30,31)32/h2-11H,13H2,1H3,(H,34,36)(H,35,37)/b16-7+. The molecule has 0 bridgehead atoms. The minimum absolute atomic E-state index is 0.00510. The maximum Gasteiger partial charge on any atom is 0.416 e. The number of nitrogens with zero attached hydrogens (tertiary/aromatic N) is 1. The maximum absolute atomic E-state index is 12.9. The molecule has 196 valence electrons. The number of nitriles is 1. The van der Waals surface area contributed by atoms with Gasteiger partial charge in [0, 0.05) is 16.4 Å². The van der Waals surface area contributed by atoms with E-state index in [1.807, 2.05) is 6.92 Å². The molecule has 0 radical (unpaired) electrons. The van der Waals surface area contributed by atoms with E-state index in [2.05, 4.69) is 10.6 Å². The zero-order chi connectivity index (χ0) is 28.0. The number of hydrogen-bond donors (Lipinski definition) is 2. The number of benzene rings is 3. The Morgan fingerprint density at radius 2 is 1.63 bits per heavy atom. The number of nitrogens with one attached hydrogen (secondary N) is 2. The first-order valence-electron chi connectivity index (χ1n) is 10.7. The number of carbonyl (C=O) groups excluding carboxylic acids is 2. The van der Waals surface area contributed by atoms with Crippen molar-refractivity contribution >= 4 is 64.1 Å². The number of aryl methyl sites for hydroxylation is 1. The Labute approximate surface area is 230 Å². The van der Waals surface area contributed by atoms with Crippen molar-refractivity contribution in [2.45, 2.75) is 13.1 Å². The maximum atomic E-state index is 12.9. The summed E-state index contributed by atoms with van der Waals surface area (Å²) in [5, 5.41) is 14.8. The van der Waals surface area contributed by atoms with E-state index in [1.54, 1.807) is 24.3 Å². The molecular formula is C26H17Cl3F3N3O3. The van der Waals surface area contributed by atoms with E-state index in [9.17, 15) is 28.0 Å². The molecule has 0 spiro atoms. The van der Waals surface area contributed by atoms with Gasteiger partial charge in [-0.3, -0.25) is 9.59 Å². The average Bonchev–Trinajstić information content (AvgIpc) is 2.84. The van der Waals surface area contributed by atoms with Gasteiger partial charge in [0.15, 0.2) is 12.4 Å². The predicted octanol–water partition coefficient (Wildman–Crippen LogP) is 7.54. The number of carbonyl (C=O) groups is 2. The van der Waals surface area contributed by atoms with Crippen LogP contribution in [0.5, 0.6) is 5.75 Å². The van der Waals surface area contributed by atoms with Crippen LogP contribution in [0.15, 0.2) is 60.2 Å². The van der Waals surface area contributed by atoms with Gasteiger partial charge in [0.2, 0.25) is 0 Å². The summed E-state index contributed by atoms with van der Waals surface area (Å²) in [6.45, 7) is 1.39. The van der Waals surface area contributed by atoms with Gasteiger partial charge in [0.25, 0.3) is 11.8 Å². The highest BCUT2D eigenvalue weighted by Gasteiger charge is 2.30. The lowest BCUT2D eigenvalue weighted by atomic mass is 10.1. The second-order valence-electron chi connectivity index (χ2n) is 7.82. The molecule has 38 heavy (non-hydrogen) atoms. The van der Waals surface area contributed by atoms with Crippen molar-refractivity contribution in [2.24, 2.45) is 0 Å². The third-order valence-corrected chi connectivity index (χ3v) is 5.92. The van der Waals surface area contributed by atoms with Gasteiger partial charge in [-0.25, -0.2) is 0 Å². The van der Waals surface area contributed by atoms with Crippen molar-refractivity contribution in [1.82, 2.24) is 0 Å². The van der Waals surface area contributed by atoms with Crippen molar-refractivity contribution in [3.63, 3.8) is 0 Å². The van der Waals surface area contributed by atoms with E-state index in [0.29, 0.717) is 10.7 Å². The molecule has 2 amide bonds. The van der Waals surface area contributed by atoms with Gasteiger partial charge in [0.1, 0.15) is 11.6 Å². The Morgan fingerprint density at radius 1 is 0.974 bits per heavy atom. The van der Waals surface area contributed by atoms with Gasteiger partial charge in [-0.1, -0.05) is 46.9 Å². The zero-order valence-corrected chi connectivity index (χ0v) is 21.7. The van der Waals surface area contributed by atoms with Gasteiger partial charge in [0.05, 0.1) is 15.6 Å². The molecule has 0 atom stereocenters. The number of amides is 2. The Kier molecular flexibility index (Phi) is 9.28. The summed E-state index contributed by atoms with van der Waals surface area (Å²) in [7, 11) is 0. The molecule has 0 saturated heterocycles. The fourth-order valence-corrected chi connectivity index (χ4v) is 3.89. The van der Waals surface area contributed by atoms with Crippen LogP contribution in [0, 0.1) is 18.3 Å². The smallest absolute Gasteiger partial charge is 0.416 e. The summed E-state index contributed by atoms with van der Waals surface area (Å²) in [6.07, 6.45) is -3.45. The molecule has 3 aromatic rings. The normalized spacial score (nSPS) is 11.5. The predicted molar refractivity (Wildman–Crippen MR) is 140 cm³/mol. The average molecular weight is 583 g/mol. The van der Waals surface area contributed by atoms with Crippen molar-refractivity contribution in [1.29, 1.82) is 5.26 Å². The second kappa shape index (κ2) is 12.2. The van der Waals surface area contributed by atoms with Gasteiger partial charge in [-0.2, -0.15) is 18.4 Å². The molecule has 0 aliphatic carbocycles. The highest BCUT2D eigenvalue weighted by atomic mass is 35.5. The minimum Gasteiger partial charge on any atom is -0.481 e. The van der Waals surface area contributed by atoms with Gasteiger partial charge in [-0.15, -0.1) is 0 Å². The zero-order valence-electron chi connectivity index (χ0n) is 19.4. The van der Waals surface area contributed by atoms with Crippen LogP contribution >= 0.6 is 34.8 Å². The van der Waals surface area contributed by atoms with E-state index in [4.69, 9.17) is 39.5 Å². The lowest BCUT2D eigenvalue weighted by Gasteiger charge is -2.12. The van der Waals surface area contributed by atoms with Crippen molar-refractivity contribution in [2.75, 3.05) is 17.2 Å². The lowest BCUT2D eigenvalue weighted by Crippen LogP contribution is -2.20. The first-order valence-corrected chi connectivity index (χ1v) is 11.8. The summed E-state index contributed by atoms with van der Waals surface area (Å²) < 4.78 is 44.2. The summed E-state index contributed by atoms with van der Waals surface area (Å²) in [6, 6.07) is 13.4. The third kappa shape index (κ3) is 7.65. The van der Waals surface area contributed by atoms with Gasteiger partial charge >= 0.3 is 6.18 Å². The van der Waals surface area contributed by atoms with Crippen LogP contribution in [0.25, 0.3) is 6.08 Å². The fourth-order valence-electron chi connectivity index (χ4n) is 3.09. The minimum atomic E-state index is -4.60. The van der Waals surface area contributed by atoms with Crippen LogP contribution in [0.4, 0.5) is 24.5 Å². The molecule has 0 fully saturated rings. The Hall–Kier alpha value is -3.71. The second-order valence-corrected chi connectivity index (χ2v) is 9.04. The van der Waals surface area contributed by atoms with Crippen molar-refractivity contribution in [3.8, 4) is 11.8 Å². The number of rotatable bonds is 7. The van der Waals surface area contributed by atoms with Gasteiger partial charge in [-0.05, 0) is 66.6 Å². The van der Waals surface area contributed by atoms with Crippen LogP contribution in [-0.4, -0.2) is 18.4 Å². The monoisotopic (exact) mass is 581 g/mol. The van der Waals surface area contributed by atoms with Crippen LogP contribution in [0.2, 0.25) is 15.1 Å². The van der Waals surface area contributed by atoms with E-state index in [1.165, 1.54) is 18.2 Å². The Balaban J connectivity index is 1.70. The van der Waals surface area contributed by atoms with E-state index >= 15 is 0 Å². The summed E-state index contributed by atoms with van der Waals surface area (Å²) >= 11 is 18.5. The SMILES string of the molecule is Cc1ccc(NC(=O)COc2c(Cl)cc(/C=C(\C#N)C(=O)Nc3cccc(C(F)(F)F)c3)cc2Cl)cc1Cl. The van der Waals surface area contributed by atoms with Crippen LogP contribution < -0.4 is 15.4 Å². The number of ether oxygens (including phenoxy) is 1. The molecule has 3 rings (SSSR count). The lowest BCUT2D eigenvalue weighted by molar-refractivity contribution is -0.137. The topological polar surface area (TPSA) is 91.2 Å².